The molecule has 1 saturated heterocycles. The fourth-order valence-corrected chi connectivity index (χ4v) is 5.94. The van der Waals surface area contributed by atoms with Gasteiger partial charge in [-0.2, -0.15) is 0 Å². The van der Waals surface area contributed by atoms with Crippen LogP contribution in [0.25, 0.3) is 22.0 Å². The van der Waals surface area contributed by atoms with Crippen LogP contribution in [-0.4, -0.2) is 49.4 Å². The molecule has 41 heavy (non-hydrogen) atoms. The Balaban J connectivity index is 1.58. The predicted octanol–water partition coefficient (Wildman–Crippen LogP) is 5.78. The Hall–Kier alpha value is -4.17. The van der Waals surface area contributed by atoms with Gasteiger partial charge in [0.25, 0.3) is 0 Å². The summed E-state index contributed by atoms with van der Waals surface area (Å²) >= 11 is 0. The summed E-state index contributed by atoms with van der Waals surface area (Å²) in [4.78, 5) is 27.3. The number of fused-ring (bicyclic) bond motifs is 1. The summed E-state index contributed by atoms with van der Waals surface area (Å²) in [5.41, 5.74) is 2.56. The van der Waals surface area contributed by atoms with E-state index in [1.807, 2.05) is 66.5 Å². The highest BCUT2D eigenvalue weighted by molar-refractivity contribution is 5.97. The quantitative estimate of drug-likeness (QED) is 0.228. The number of carboxylic acids is 1. The fourth-order valence-electron chi connectivity index (χ4n) is 5.94. The molecule has 0 unspecified atom stereocenters. The second-order valence-corrected chi connectivity index (χ2v) is 10.7. The summed E-state index contributed by atoms with van der Waals surface area (Å²) in [6.45, 7) is 2.64. The van der Waals surface area contributed by atoms with Crippen molar-refractivity contribution in [2.75, 3.05) is 38.7 Å². The molecule has 2 N–H and O–H groups in total. The van der Waals surface area contributed by atoms with E-state index in [0.29, 0.717) is 30.2 Å². The number of hydrogen-bond acceptors (Lipinski definition) is 5. The maximum Gasteiger partial charge on any atom is 0.341 e. The van der Waals surface area contributed by atoms with Crippen molar-refractivity contribution < 1.29 is 19.0 Å². The molecule has 1 fully saturated rings. The minimum atomic E-state index is -1.35. The second kappa shape index (κ2) is 12.6. The Morgan fingerprint density at radius 3 is 2.61 bits per heavy atom. The molecule has 0 amide bonds. The number of halogens is 1. The summed E-state index contributed by atoms with van der Waals surface area (Å²) in [5, 5.41) is 13.0. The van der Waals surface area contributed by atoms with Crippen molar-refractivity contribution in [1.82, 2.24) is 9.88 Å². The Morgan fingerprint density at radius 2 is 1.88 bits per heavy atom. The molecule has 0 radical (unpaired) electrons. The zero-order chi connectivity index (χ0) is 28.9. The van der Waals surface area contributed by atoms with E-state index in [2.05, 4.69) is 5.32 Å². The van der Waals surface area contributed by atoms with E-state index in [0.717, 1.165) is 48.9 Å². The van der Waals surface area contributed by atoms with Gasteiger partial charge in [-0.15, -0.1) is 0 Å². The molecular weight excluding hydrogens is 521 g/mol. The third-order valence-corrected chi connectivity index (χ3v) is 7.96. The summed E-state index contributed by atoms with van der Waals surface area (Å²) in [5.74, 6) is -1.23. The fraction of sp³-hybridized carbons (Fsp3) is 0.333. The number of unbranched alkanes of at least 4 members (excludes halogenated alkanes) is 1. The van der Waals surface area contributed by atoms with Crippen LogP contribution in [0.1, 0.15) is 41.6 Å². The van der Waals surface area contributed by atoms with Crippen molar-refractivity contribution in [2.45, 2.75) is 32.2 Å². The first-order valence-corrected chi connectivity index (χ1v) is 14.1. The Labute approximate surface area is 239 Å². The third kappa shape index (κ3) is 5.98. The number of carboxylic acid groups (broad SMARTS) is 1. The summed E-state index contributed by atoms with van der Waals surface area (Å²) in [6.07, 6.45) is 5.58. The molecule has 8 heteroatoms. The highest BCUT2D eigenvalue weighted by Gasteiger charge is 2.30. The number of benzene rings is 3. The van der Waals surface area contributed by atoms with E-state index in [1.54, 1.807) is 4.57 Å². The van der Waals surface area contributed by atoms with Gasteiger partial charge in [0.05, 0.1) is 18.0 Å². The van der Waals surface area contributed by atoms with Gasteiger partial charge in [0.15, 0.2) is 11.6 Å². The number of nitrogens with one attached hydrogen (secondary N) is 1. The van der Waals surface area contributed by atoms with E-state index < -0.39 is 22.8 Å². The lowest BCUT2D eigenvalue weighted by Crippen LogP contribution is -2.24. The molecule has 1 aliphatic rings. The van der Waals surface area contributed by atoms with Gasteiger partial charge in [0.2, 0.25) is 5.43 Å². The van der Waals surface area contributed by atoms with Crippen molar-refractivity contribution in [1.29, 1.82) is 0 Å². The molecule has 4 aromatic rings. The van der Waals surface area contributed by atoms with Crippen LogP contribution in [-0.2, 0) is 6.54 Å². The number of aromatic nitrogens is 1. The topological polar surface area (TPSA) is 83.8 Å². The molecule has 214 valence electrons. The lowest BCUT2D eigenvalue weighted by atomic mass is 10.0. The molecule has 1 aromatic heterocycles. The van der Waals surface area contributed by atoms with Gasteiger partial charge in [0.1, 0.15) is 11.3 Å². The molecule has 1 aliphatic heterocycles. The molecule has 2 heterocycles. The Bertz CT molecular complexity index is 1600. The molecule has 0 spiro atoms. The minimum absolute atomic E-state index is 0.00923. The number of ether oxygens (including phenoxy) is 1. The average Bonchev–Trinajstić information content (AvgIpc) is 3.45. The van der Waals surface area contributed by atoms with Crippen molar-refractivity contribution in [3.63, 3.8) is 0 Å². The van der Waals surface area contributed by atoms with Crippen LogP contribution in [0.2, 0.25) is 0 Å². The largest absolute Gasteiger partial charge is 0.492 e. The lowest BCUT2D eigenvalue weighted by Gasteiger charge is -2.25. The number of hydrogen-bond donors (Lipinski definition) is 2. The van der Waals surface area contributed by atoms with Crippen molar-refractivity contribution in [3.8, 4) is 16.9 Å². The smallest absolute Gasteiger partial charge is 0.341 e. The number of anilines is 1. The van der Waals surface area contributed by atoms with Gasteiger partial charge in [-0.05, 0) is 67.6 Å². The molecule has 0 aliphatic carbocycles. The van der Waals surface area contributed by atoms with Crippen molar-refractivity contribution >= 4 is 22.6 Å². The highest BCUT2D eigenvalue weighted by Crippen LogP contribution is 2.41. The lowest BCUT2D eigenvalue weighted by molar-refractivity contribution is 0.0694. The van der Waals surface area contributed by atoms with Gasteiger partial charge < -0.3 is 24.6 Å². The Kier molecular flexibility index (Phi) is 8.69. The Morgan fingerprint density at radius 1 is 1.10 bits per heavy atom. The first-order chi connectivity index (χ1) is 19.9. The van der Waals surface area contributed by atoms with Crippen LogP contribution in [0, 0.1) is 11.7 Å². The molecule has 7 nitrogen and oxygen atoms in total. The average molecular weight is 558 g/mol. The molecule has 0 saturated carbocycles. The van der Waals surface area contributed by atoms with Gasteiger partial charge in [-0.1, -0.05) is 55.0 Å². The third-order valence-electron chi connectivity index (χ3n) is 7.96. The molecule has 3 aromatic carbocycles. The van der Waals surface area contributed by atoms with Gasteiger partial charge in [-0.25, -0.2) is 9.18 Å². The number of nitrogens with zero attached hydrogens (tertiary/aromatic N) is 2. The maximum absolute atomic E-state index is 15.8. The monoisotopic (exact) mass is 557 g/mol. The summed E-state index contributed by atoms with van der Waals surface area (Å²) in [6, 6.07) is 19.1. The second-order valence-electron chi connectivity index (χ2n) is 10.7. The maximum atomic E-state index is 15.8. The van der Waals surface area contributed by atoms with Crippen LogP contribution < -0.4 is 20.4 Å². The van der Waals surface area contributed by atoms with Crippen molar-refractivity contribution in [2.24, 2.45) is 5.92 Å². The van der Waals surface area contributed by atoms with Crippen LogP contribution >= 0.6 is 0 Å². The molecular formula is C33H36FN3O4. The van der Waals surface area contributed by atoms with E-state index in [9.17, 15) is 14.7 Å². The molecule has 5 rings (SSSR count). The van der Waals surface area contributed by atoms with Crippen LogP contribution in [0.15, 0.2) is 71.7 Å². The highest BCUT2D eigenvalue weighted by atomic mass is 19.1. The van der Waals surface area contributed by atoms with E-state index in [-0.39, 0.29) is 17.7 Å². The molecule has 1 atom stereocenters. The van der Waals surface area contributed by atoms with E-state index >= 15 is 4.39 Å². The van der Waals surface area contributed by atoms with E-state index in [4.69, 9.17) is 4.74 Å². The number of aromatic carboxylic acids is 1. The van der Waals surface area contributed by atoms with Crippen LogP contribution in [0.3, 0.4) is 0 Å². The SMILES string of the molecule is CNCCCC[C@@H]1CCN(c2c(F)cc3c(=O)c(C(=O)O)cn(Cc4cccc(-c5ccccc5)c4)c3c2OC)C1. The zero-order valence-corrected chi connectivity index (χ0v) is 23.5. The number of pyridine rings is 1. The predicted molar refractivity (Wildman–Crippen MR) is 161 cm³/mol. The van der Waals surface area contributed by atoms with Gasteiger partial charge in [-0.3, -0.25) is 4.79 Å². The van der Waals surface area contributed by atoms with Crippen LogP contribution in [0.5, 0.6) is 5.75 Å². The van der Waals surface area contributed by atoms with Crippen LogP contribution in [0.4, 0.5) is 10.1 Å². The normalized spacial score (nSPS) is 15.0. The van der Waals surface area contributed by atoms with E-state index in [1.165, 1.54) is 19.4 Å². The molecule has 0 bridgehead atoms. The van der Waals surface area contributed by atoms with Gasteiger partial charge in [0, 0.05) is 25.8 Å². The first kappa shape index (κ1) is 28.4. The first-order valence-electron chi connectivity index (χ1n) is 14.1. The minimum Gasteiger partial charge on any atom is -0.492 e. The number of rotatable bonds is 11. The van der Waals surface area contributed by atoms with Gasteiger partial charge >= 0.3 is 5.97 Å². The van der Waals surface area contributed by atoms with Crippen molar-refractivity contribution in [3.05, 3.63) is 94.0 Å². The number of carbonyl (C=O) groups is 1. The summed E-state index contributed by atoms with van der Waals surface area (Å²) < 4.78 is 23.3. The summed E-state index contributed by atoms with van der Waals surface area (Å²) in [7, 11) is 3.42. The number of methoxy groups -OCH3 is 1. The zero-order valence-electron chi connectivity index (χ0n) is 23.5. The standard InChI is InChI=1S/C33H36FN3O4/c1-35-15-7-6-9-22-14-16-36(19-22)30-28(34)18-26-29(32(30)41-2)37(21-27(31(26)38)33(39)40)20-23-10-8-13-25(17-23)24-11-4-3-5-12-24/h3-5,8,10-13,17-18,21-22,35H,6-7,9,14-16,19-20H2,1-2H3,(H,39,40)/t22-/m1/s1.